The van der Waals surface area contributed by atoms with Gasteiger partial charge in [0.1, 0.15) is 29.6 Å². The van der Waals surface area contributed by atoms with Gasteiger partial charge < -0.3 is 63.8 Å². The Morgan fingerprint density at radius 1 is 0.670 bits per heavy atom. The van der Waals surface area contributed by atoms with Crippen LogP contribution >= 0.6 is 0 Å². The van der Waals surface area contributed by atoms with Gasteiger partial charge >= 0.3 is 0 Å². The van der Waals surface area contributed by atoms with E-state index in [1.165, 1.54) is 72.8 Å². The van der Waals surface area contributed by atoms with Crippen LogP contribution in [0.25, 0.3) is 0 Å². The van der Waals surface area contributed by atoms with Crippen LogP contribution in [-0.2, 0) is 46.9 Å². The molecule has 5 aliphatic heterocycles. The smallest absolute Gasteiger partial charge is 0.165 e. The summed E-state index contributed by atoms with van der Waals surface area (Å²) in [5.74, 6) is 3.88. The van der Waals surface area contributed by atoms with Crippen LogP contribution in [0.15, 0.2) is 48.0 Å². The number of fused-ring (bicyclic) bond motifs is 3. The Labute approximate surface area is 524 Å². The molecule has 0 amide bonds. The number of hydrogen-bond donors (Lipinski definition) is 8. The van der Waals surface area contributed by atoms with Crippen molar-refractivity contribution in [2.24, 2.45) is 39.9 Å². The van der Waals surface area contributed by atoms with Crippen LogP contribution in [0.3, 0.4) is 0 Å². The third-order valence-corrected chi connectivity index (χ3v) is 28.6. The highest BCUT2D eigenvalue weighted by Gasteiger charge is 2.83. The number of carbonyl (C=O) groups is 1. The largest absolute Gasteiger partial charge is 0.507 e. The summed E-state index contributed by atoms with van der Waals surface area (Å²) in [5.41, 5.74) is 5.12. The van der Waals surface area contributed by atoms with Crippen LogP contribution < -0.4 is 9.47 Å². The molecule has 88 heavy (non-hydrogen) atoms. The number of carbonyl (C=O) groups excluding carboxylic acids is 1. The molecule has 17 atom stereocenters. The number of likely N-dealkylation sites (tertiary alicyclic amines) is 3. The SMILES string of the molecule is C.C.CC(C)(C)[C@](C)(O)C1C[C@]23CC[C@@]1(C)[C@H]1Oc4c(O)ccc5c4[C@]12CC[N@@+](C)(CC1CC1)C3C5.C[N+]1(C)CC[C@@]23CC(=O)C(CO)=CC2C1Cc1ccc(CO)c(O)c13.C[N@@+]1(CC2CCC2)CC[C@@]23c4c5ccc(O)c4OC2[C@H](O)CCC3(O)C1C5. The molecule has 0 radical (unpaired) electrons. The van der Waals surface area contributed by atoms with Crippen LogP contribution in [0, 0.1) is 39.9 Å². The molecule has 3 saturated heterocycles. The predicted molar refractivity (Wildman–Crippen MR) is 339 cm³/mol. The maximum Gasteiger partial charge on any atom is 0.165 e. The van der Waals surface area contributed by atoms with Crippen LogP contribution in [0.4, 0.5) is 0 Å². The zero-order chi connectivity index (χ0) is 60.7. The van der Waals surface area contributed by atoms with E-state index >= 15 is 0 Å². The van der Waals surface area contributed by atoms with Crippen LogP contribution in [-0.4, -0.2) is 175 Å². The van der Waals surface area contributed by atoms with Gasteiger partial charge in [0.05, 0.1) is 109 Å². The van der Waals surface area contributed by atoms with Crippen molar-refractivity contribution in [2.75, 3.05) is 67.5 Å². The quantitative estimate of drug-likeness (QED) is 0.105. The fourth-order valence-electron chi connectivity index (χ4n) is 23.4. The van der Waals surface area contributed by atoms with Gasteiger partial charge in [-0.1, -0.05) is 79.3 Å². The van der Waals surface area contributed by atoms with Crippen LogP contribution in [0.1, 0.15) is 178 Å². The molecule has 6 saturated carbocycles. The molecule has 482 valence electrons. The Morgan fingerprint density at radius 2 is 1.26 bits per heavy atom. The first kappa shape index (κ1) is 62.6. The van der Waals surface area contributed by atoms with E-state index < -0.39 is 34.2 Å². The number of nitrogens with zero attached hydrogens (tertiary/aromatic N) is 3. The van der Waals surface area contributed by atoms with E-state index in [2.05, 4.69) is 68.9 Å². The number of hydrogen-bond acceptors (Lipinski definition) is 11. The van der Waals surface area contributed by atoms with E-state index in [1.54, 1.807) is 12.1 Å². The lowest BCUT2D eigenvalue weighted by Gasteiger charge is -2.76. The molecule has 18 rings (SSSR count). The minimum atomic E-state index is -0.875. The molecule has 14 nitrogen and oxygen atoms in total. The average Bonchev–Trinajstić information content (AvgIpc) is 1.32. The molecule has 3 aromatic rings. The third-order valence-electron chi connectivity index (χ3n) is 28.6. The second-order valence-corrected chi connectivity index (χ2v) is 33.6. The molecule has 0 aromatic heterocycles. The molecule has 8 N–H and O–H groups in total. The molecule has 5 heterocycles. The lowest BCUT2D eigenvalue weighted by molar-refractivity contribution is -0.952. The molecule has 8 bridgehead atoms. The molecular weight excluding hydrogens is 1110 g/mol. The van der Waals surface area contributed by atoms with Crippen molar-refractivity contribution in [2.45, 2.75) is 229 Å². The molecular formula is C74H108N3O11+3. The van der Waals surface area contributed by atoms with Crippen LogP contribution in [0.2, 0.25) is 0 Å². The fraction of sp³-hybridized carbons (Fsp3) is 0.716. The summed E-state index contributed by atoms with van der Waals surface area (Å²) in [4.78, 5) is 12.6. The first-order chi connectivity index (χ1) is 40.5. The van der Waals surface area contributed by atoms with Gasteiger partial charge in [-0.15, -0.1) is 0 Å². The summed E-state index contributed by atoms with van der Waals surface area (Å²) in [7, 11) is 9.35. The van der Waals surface area contributed by atoms with E-state index in [1.807, 2.05) is 24.3 Å². The van der Waals surface area contributed by atoms with Crippen molar-refractivity contribution in [3.63, 3.8) is 0 Å². The van der Waals surface area contributed by atoms with E-state index in [-0.39, 0.29) is 91.0 Å². The number of rotatable bonds is 7. The Morgan fingerprint density at radius 3 is 1.88 bits per heavy atom. The molecule has 3 aromatic carbocycles. The number of piperidine rings is 3. The van der Waals surface area contributed by atoms with Gasteiger partial charge in [-0.3, -0.25) is 4.79 Å². The first-order valence-electron chi connectivity index (χ1n) is 33.5. The molecule has 10 aliphatic carbocycles. The van der Waals surface area contributed by atoms with Gasteiger partial charge in [0.25, 0.3) is 0 Å². The maximum atomic E-state index is 12.6. The van der Waals surface area contributed by atoms with Gasteiger partial charge in [-0.05, 0) is 105 Å². The van der Waals surface area contributed by atoms with Crippen molar-refractivity contribution < 1.29 is 68.6 Å². The number of quaternary nitrogens is 3. The number of benzene rings is 3. The Bertz CT molecular complexity index is 3380. The van der Waals surface area contributed by atoms with Crippen molar-refractivity contribution in [3.05, 3.63) is 87.0 Å². The second-order valence-electron chi connectivity index (χ2n) is 33.6. The Kier molecular flexibility index (Phi) is 14.1. The van der Waals surface area contributed by atoms with Gasteiger partial charge in [-0.2, -0.15) is 0 Å². The summed E-state index contributed by atoms with van der Waals surface area (Å²) < 4.78 is 16.2. The maximum absolute atomic E-state index is 12.6. The minimum absolute atomic E-state index is 0. The summed E-state index contributed by atoms with van der Waals surface area (Å²) in [6, 6.07) is 12.7. The van der Waals surface area contributed by atoms with Gasteiger partial charge in [0.15, 0.2) is 28.8 Å². The molecule has 7 unspecified atom stereocenters. The lowest BCUT2D eigenvalue weighted by atomic mass is 9.31. The average molecular weight is 1220 g/mol. The number of phenolic OH excluding ortho intramolecular Hbond substituents is 2. The van der Waals surface area contributed by atoms with E-state index in [0.29, 0.717) is 54.0 Å². The number of Topliss-reactive ketones (excluding diaryl/α,β-unsaturated/α-hetero) is 1. The highest BCUT2D eigenvalue weighted by Crippen LogP contribution is 2.80. The van der Waals surface area contributed by atoms with Crippen molar-refractivity contribution in [3.8, 4) is 28.7 Å². The Balaban J connectivity index is 0.000000122. The van der Waals surface area contributed by atoms with E-state index in [9.17, 15) is 45.6 Å². The zero-order valence-electron chi connectivity index (χ0n) is 52.9. The zero-order valence-corrected chi connectivity index (χ0v) is 52.9. The summed E-state index contributed by atoms with van der Waals surface area (Å²) >= 11 is 0. The third kappa shape index (κ3) is 7.84. The van der Waals surface area contributed by atoms with Gasteiger partial charge in [-0.25, -0.2) is 0 Å². The highest BCUT2D eigenvalue weighted by molar-refractivity contribution is 5.98. The molecule has 15 aliphatic rings. The number of phenols is 3. The normalized spacial score (nSPS) is 42.2. The number of ether oxygens (including phenoxy) is 2. The number of aromatic hydroxyl groups is 3. The topological polar surface area (TPSA) is 197 Å². The number of aliphatic hydroxyl groups excluding tert-OH is 3. The summed E-state index contributed by atoms with van der Waals surface area (Å²) in [5, 5.41) is 86.8. The molecule has 14 heteroatoms. The van der Waals surface area contributed by atoms with Gasteiger partial charge in [0, 0.05) is 107 Å². The highest BCUT2D eigenvalue weighted by atomic mass is 16.5. The van der Waals surface area contributed by atoms with Crippen molar-refractivity contribution in [1.82, 2.24) is 0 Å². The van der Waals surface area contributed by atoms with Gasteiger partial charge in [0.2, 0.25) is 0 Å². The Hall–Kier alpha value is -4.25. The summed E-state index contributed by atoms with van der Waals surface area (Å²) in [6.45, 7) is 16.3. The minimum Gasteiger partial charge on any atom is -0.507 e. The lowest BCUT2D eigenvalue weighted by Crippen LogP contribution is -2.82. The van der Waals surface area contributed by atoms with Crippen molar-refractivity contribution in [1.29, 1.82) is 0 Å². The first-order valence-corrected chi connectivity index (χ1v) is 33.5. The number of aliphatic hydroxyl groups is 5. The molecule has 9 fully saturated rings. The fourth-order valence-corrected chi connectivity index (χ4v) is 23.4. The number of likely N-dealkylation sites (N-methyl/N-ethyl adjacent to an activating group) is 3. The van der Waals surface area contributed by atoms with Crippen LogP contribution in [0.5, 0.6) is 28.7 Å². The standard InChI is InChI=1S/C30H43NO3.C22H29NO4.C20H25NO4.2CH4/c1-26(2,3)28(5,33)21-16-29-12-11-27(21,4)25-30(29)13-14-31(6,17-18-7-8-18)22(29)15-19-9-10-20(32)24(34-25)23(19)30;1-23(12-13-3-2-4-13)10-9-21-18-14-5-6-15(24)19(18)27-20(21)16(25)7-8-22(21,26)17(23)11-14;1-21(2)6-5-20-9-17(24)14(11-23)7-15(20)16(21)8-12-3-4-13(10-22)19(25)18(12)20;;/h9-10,18,21-22,25,33H,7-8,11-17H2,1-6H3;5-6,13,16-17,20,25-26H,2-4,7-12H2,1H3;3-4,7,15-16,22-23H,5-6,8-11H2,1-2H3;2*1H4/p+3/t21?,22?,25-,27-,28-,29+,30-,31+;16-,17?,20?,21-,22?,23+;15?,16?,20-;;/m111../s1. The predicted octanol–water partition coefficient (Wildman–Crippen LogP) is 9.34. The molecule has 3 spiro atoms. The summed E-state index contributed by atoms with van der Waals surface area (Å²) in [6.07, 6.45) is 18.2. The van der Waals surface area contributed by atoms with E-state index in [0.717, 1.165) is 114 Å². The van der Waals surface area contributed by atoms with E-state index in [4.69, 9.17) is 9.47 Å². The second kappa shape index (κ2) is 19.9. The monoisotopic (exact) mass is 1210 g/mol. The van der Waals surface area contributed by atoms with Crippen molar-refractivity contribution >= 4 is 5.78 Å². The number of ketones is 1.